The number of benzene rings is 1. The van der Waals surface area contributed by atoms with Gasteiger partial charge in [0.1, 0.15) is 0 Å². The number of hydrogen-bond acceptors (Lipinski definition) is 3. The average Bonchev–Trinajstić information content (AvgIpc) is 2.75. The first-order valence-electron chi connectivity index (χ1n) is 5.75. The van der Waals surface area contributed by atoms with Crippen LogP contribution < -0.4 is 10.1 Å². The molecule has 0 radical (unpaired) electrons. The van der Waals surface area contributed by atoms with E-state index in [0.29, 0.717) is 0 Å². The van der Waals surface area contributed by atoms with E-state index in [9.17, 15) is 9.18 Å². The Morgan fingerprint density at radius 2 is 2.29 bits per heavy atom. The molecule has 0 spiro atoms. The number of halogens is 1. The highest BCUT2D eigenvalue weighted by molar-refractivity contribution is 5.99. The number of nitrogens with one attached hydrogen (secondary N) is 1. The van der Waals surface area contributed by atoms with Crippen molar-refractivity contribution in [3.8, 4) is 5.75 Å². The monoisotopic (exact) mass is 237 g/mol. The molecule has 2 rings (SSSR count). The summed E-state index contributed by atoms with van der Waals surface area (Å²) in [7, 11) is 1.40. The summed E-state index contributed by atoms with van der Waals surface area (Å²) < 4.78 is 18.8. The van der Waals surface area contributed by atoms with Gasteiger partial charge in [0.15, 0.2) is 17.3 Å². The third kappa shape index (κ3) is 2.17. The van der Waals surface area contributed by atoms with Crippen molar-refractivity contribution in [2.24, 2.45) is 5.92 Å². The van der Waals surface area contributed by atoms with Crippen molar-refractivity contribution in [2.75, 3.05) is 13.7 Å². The Bertz CT molecular complexity index is 433. The molecule has 1 fully saturated rings. The fourth-order valence-corrected chi connectivity index (χ4v) is 2.28. The summed E-state index contributed by atoms with van der Waals surface area (Å²) >= 11 is 0. The van der Waals surface area contributed by atoms with Crippen LogP contribution in [0.4, 0.5) is 4.39 Å². The van der Waals surface area contributed by atoms with Gasteiger partial charge in [-0.25, -0.2) is 4.39 Å². The maximum Gasteiger partial charge on any atom is 0.175 e. The lowest BCUT2D eigenvalue weighted by molar-refractivity contribution is 0.0909. The fraction of sp³-hybridized carbons (Fsp3) is 0.462. The molecule has 2 atom stereocenters. The molecule has 17 heavy (non-hydrogen) atoms. The van der Waals surface area contributed by atoms with E-state index in [1.807, 2.05) is 6.92 Å². The molecule has 1 aliphatic heterocycles. The van der Waals surface area contributed by atoms with Gasteiger partial charge in [0, 0.05) is 12.0 Å². The first-order chi connectivity index (χ1) is 8.15. The maximum absolute atomic E-state index is 13.9. The van der Waals surface area contributed by atoms with Crippen molar-refractivity contribution in [3.05, 3.63) is 29.6 Å². The Hall–Kier alpha value is -1.42. The molecule has 1 aliphatic rings. The predicted octanol–water partition coefficient (Wildman–Crippen LogP) is 2.01. The number of methoxy groups -OCH3 is 1. The summed E-state index contributed by atoms with van der Waals surface area (Å²) in [6, 6.07) is 4.78. The van der Waals surface area contributed by atoms with E-state index in [1.54, 1.807) is 6.07 Å². The smallest absolute Gasteiger partial charge is 0.175 e. The largest absolute Gasteiger partial charge is 0.494 e. The molecule has 92 valence electrons. The molecule has 0 amide bonds. The summed E-state index contributed by atoms with van der Waals surface area (Å²) in [5.74, 6) is -0.718. The van der Waals surface area contributed by atoms with Gasteiger partial charge in [-0.1, -0.05) is 6.07 Å². The van der Waals surface area contributed by atoms with Crippen LogP contribution in [0.5, 0.6) is 5.75 Å². The Labute approximate surface area is 100.0 Å². The molecule has 1 aromatic rings. The second-order valence-electron chi connectivity index (χ2n) is 4.32. The van der Waals surface area contributed by atoms with Gasteiger partial charge >= 0.3 is 0 Å². The van der Waals surface area contributed by atoms with Gasteiger partial charge in [0.05, 0.1) is 12.7 Å². The van der Waals surface area contributed by atoms with Crippen LogP contribution in [0.25, 0.3) is 0 Å². The number of carbonyl (C=O) groups is 1. The molecular weight excluding hydrogens is 221 g/mol. The lowest BCUT2D eigenvalue weighted by Crippen LogP contribution is -2.28. The van der Waals surface area contributed by atoms with Crippen molar-refractivity contribution in [1.29, 1.82) is 0 Å². The zero-order valence-electron chi connectivity index (χ0n) is 10.00. The van der Waals surface area contributed by atoms with Crippen molar-refractivity contribution >= 4 is 5.78 Å². The molecule has 0 bridgehead atoms. The number of rotatable bonds is 3. The summed E-state index contributed by atoms with van der Waals surface area (Å²) in [5.41, 5.74) is 0.130. The summed E-state index contributed by atoms with van der Waals surface area (Å²) in [6.45, 7) is 2.76. The zero-order chi connectivity index (χ0) is 12.4. The fourth-order valence-electron chi connectivity index (χ4n) is 2.28. The first-order valence-corrected chi connectivity index (χ1v) is 5.75. The molecule has 0 aliphatic carbocycles. The van der Waals surface area contributed by atoms with Crippen molar-refractivity contribution in [1.82, 2.24) is 5.32 Å². The molecule has 4 heteroatoms. The Balaban J connectivity index is 2.30. The van der Waals surface area contributed by atoms with Crippen molar-refractivity contribution in [3.63, 3.8) is 0 Å². The highest BCUT2D eigenvalue weighted by Crippen LogP contribution is 2.26. The van der Waals surface area contributed by atoms with Crippen molar-refractivity contribution in [2.45, 2.75) is 19.4 Å². The first kappa shape index (κ1) is 12.0. The Morgan fingerprint density at radius 3 is 2.88 bits per heavy atom. The predicted molar refractivity (Wildman–Crippen MR) is 62.9 cm³/mol. The summed E-state index contributed by atoms with van der Waals surface area (Å²) in [4.78, 5) is 12.2. The van der Waals surface area contributed by atoms with Crippen LogP contribution in [0.1, 0.15) is 23.7 Å². The van der Waals surface area contributed by atoms with Crippen LogP contribution in [-0.2, 0) is 0 Å². The van der Waals surface area contributed by atoms with Gasteiger partial charge in [-0.05, 0) is 32.0 Å². The molecule has 1 saturated heterocycles. The summed E-state index contributed by atoms with van der Waals surface area (Å²) in [5, 5.41) is 3.19. The van der Waals surface area contributed by atoms with E-state index in [2.05, 4.69) is 5.32 Å². The topological polar surface area (TPSA) is 38.3 Å². The average molecular weight is 237 g/mol. The van der Waals surface area contributed by atoms with Gasteiger partial charge in [0.25, 0.3) is 0 Å². The minimum atomic E-state index is -0.556. The standard InChI is InChI=1S/C13H16FNO2/c1-8-9(6-7-15-8)13(16)10-4-3-5-11(17-2)12(10)14/h3-5,8-9,15H,6-7H2,1-2H3. The van der Waals surface area contributed by atoms with Gasteiger partial charge in [-0.2, -0.15) is 0 Å². The Morgan fingerprint density at radius 1 is 1.53 bits per heavy atom. The molecule has 3 nitrogen and oxygen atoms in total. The van der Waals surface area contributed by atoms with Crippen LogP contribution >= 0.6 is 0 Å². The van der Waals surface area contributed by atoms with E-state index in [1.165, 1.54) is 19.2 Å². The quantitative estimate of drug-likeness (QED) is 0.817. The lowest BCUT2D eigenvalue weighted by Gasteiger charge is -2.14. The zero-order valence-corrected chi connectivity index (χ0v) is 10.00. The van der Waals surface area contributed by atoms with Crippen LogP contribution in [0.3, 0.4) is 0 Å². The SMILES string of the molecule is COc1cccc(C(=O)C2CCNC2C)c1F. The molecule has 1 aromatic carbocycles. The second-order valence-corrected chi connectivity index (χ2v) is 4.32. The number of ether oxygens (including phenoxy) is 1. The molecule has 2 unspecified atom stereocenters. The van der Waals surface area contributed by atoms with Crippen LogP contribution in [0.15, 0.2) is 18.2 Å². The van der Waals surface area contributed by atoms with E-state index in [0.717, 1.165) is 13.0 Å². The molecule has 0 saturated carbocycles. The maximum atomic E-state index is 13.9. The number of Topliss-reactive ketones (excluding diaryl/α,β-unsaturated/α-hetero) is 1. The van der Waals surface area contributed by atoms with E-state index in [-0.39, 0.29) is 29.1 Å². The molecule has 1 heterocycles. The van der Waals surface area contributed by atoms with Gasteiger partial charge < -0.3 is 10.1 Å². The Kier molecular flexibility index (Phi) is 3.43. The molecule has 1 N–H and O–H groups in total. The number of hydrogen-bond donors (Lipinski definition) is 1. The highest BCUT2D eigenvalue weighted by Gasteiger charge is 2.31. The van der Waals surface area contributed by atoms with E-state index >= 15 is 0 Å². The lowest BCUT2D eigenvalue weighted by atomic mass is 9.91. The number of ketones is 1. The summed E-state index contributed by atoms with van der Waals surface area (Å²) in [6.07, 6.45) is 0.761. The molecular formula is C13H16FNO2. The van der Waals surface area contributed by atoms with Crippen LogP contribution in [-0.4, -0.2) is 25.5 Å². The third-order valence-corrected chi connectivity index (χ3v) is 3.31. The van der Waals surface area contributed by atoms with Gasteiger partial charge in [-0.15, -0.1) is 0 Å². The minimum absolute atomic E-state index is 0.105. The van der Waals surface area contributed by atoms with Crippen LogP contribution in [0, 0.1) is 11.7 Å². The van der Waals surface area contributed by atoms with Gasteiger partial charge in [0.2, 0.25) is 0 Å². The number of carbonyl (C=O) groups excluding carboxylic acids is 1. The van der Waals surface area contributed by atoms with Crippen molar-refractivity contribution < 1.29 is 13.9 Å². The van der Waals surface area contributed by atoms with E-state index < -0.39 is 5.82 Å². The normalized spacial score (nSPS) is 23.7. The van der Waals surface area contributed by atoms with E-state index in [4.69, 9.17) is 4.74 Å². The highest BCUT2D eigenvalue weighted by atomic mass is 19.1. The van der Waals surface area contributed by atoms with Crippen LogP contribution in [0.2, 0.25) is 0 Å². The van der Waals surface area contributed by atoms with Gasteiger partial charge in [-0.3, -0.25) is 4.79 Å². The minimum Gasteiger partial charge on any atom is -0.494 e. The third-order valence-electron chi connectivity index (χ3n) is 3.31. The molecule has 0 aromatic heterocycles. The second kappa shape index (κ2) is 4.84.